The number of hydrogen-bond donors (Lipinski definition) is 2. The number of nitrogens with one attached hydrogen (secondary N) is 1. The molecule has 3 atom stereocenters. The Balaban J connectivity index is 2.15. The number of nitrogens with two attached hydrogens (primary N) is 1. The highest BCUT2D eigenvalue weighted by Crippen LogP contribution is 2.43. The van der Waals surface area contributed by atoms with Gasteiger partial charge in [-0.1, -0.05) is 13.3 Å². The van der Waals surface area contributed by atoms with Crippen molar-refractivity contribution in [3.63, 3.8) is 0 Å². The standard InChI is InChI=1S/C14H23F3N4/c1-2-8-21-12(6-7-19-21)13(20-18)10-4-3-5-11(9-10)14(15,16)17/h6-7,10-11,13,20H,2-5,8-9,18H2,1H3. The lowest BCUT2D eigenvalue weighted by atomic mass is 9.77. The molecule has 2 rings (SSSR count). The maximum absolute atomic E-state index is 13.0. The molecule has 0 spiro atoms. The van der Waals surface area contributed by atoms with Crippen molar-refractivity contribution in [3.05, 3.63) is 18.0 Å². The van der Waals surface area contributed by atoms with Gasteiger partial charge in [0.05, 0.1) is 17.7 Å². The van der Waals surface area contributed by atoms with E-state index in [0.29, 0.717) is 6.42 Å². The number of hydrazine groups is 1. The molecule has 4 nitrogen and oxygen atoms in total. The molecular weight excluding hydrogens is 281 g/mol. The van der Waals surface area contributed by atoms with Crippen LogP contribution in [-0.2, 0) is 6.54 Å². The predicted octanol–water partition coefficient (Wildman–Crippen LogP) is 3.17. The zero-order valence-corrected chi connectivity index (χ0v) is 12.2. The van der Waals surface area contributed by atoms with Crippen LogP contribution < -0.4 is 11.3 Å². The molecule has 7 heteroatoms. The van der Waals surface area contributed by atoms with Gasteiger partial charge < -0.3 is 0 Å². The topological polar surface area (TPSA) is 55.9 Å². The van der Waals surface area contributed by atoms with Crippen LogP contribution in [0.1, 0.15) is 50.8 Å². The van der Waals surface area contributed by atoms with Gasteiger partial charge in [-0.25, -0.2) is 0 Å². The number of rotatable bonds is 5. The number of hydrogen-bond acceptors (Lipinski definition) is 3. The van der Waals surface area contributed by atoms with Crippen molar-refractivity contribution in [1.29, 1.82) is 0 Å². The Morgan fingerprint density at radius 2 is 2.24 bits per heavy atom. The fourth-order valence-corrected chi connectivity index (χ4v) is 3.30. The quantitative estimate of drug-likeness (QED) is 0.649. The molecule has 1 aliphatic carbocycles. The SMILES string of the molecule is CCCn1nccc1C(NN)C1CCCC(C(F)(F)F)C1. The zero-order valence-electron chi connectivity index (χ0n) is 12.2. The van der Waals surface area contributed by atoms with Crippen molar-refractivity contribution in [2.45, 2.75) is 57.8 Å². The molecule has 1 saturated carbocycles. The van der Waals surface area contributed by atoms with Crippen molar-refractivity contribution in [1.82, 2.24) is 15.2 Å². The van der Waals surface area contributed by atoms with E-state index in [4.69, 9.17) is 5.84 Å². The first kappa shape index (κ1) is 16.3. The van der Waals surface area contributed by atoms with Crippen molar-refractivity contribution in [3.8, 4) is 0 Å². The van der Waals surface area contributed by atoms with Crippen LogP contribution in [0.4, 0.5) is 13.2 Å². The van der Waals surface area contributed by atoms with E-state index in [-0.39, 0.29) is 24.8 Å². The molecule has 1 aromatic heterocycles. The highest BCUT2D eigenvalue weighted by molar-refractivity contribution is 5.09. The van der Waals surface area contributed by atoms with E-state index in [2.05, 4.69) is 10.5 Å². The van der Waals surface area contributed by atoms with E-state index >= 15 is 0 Å². The minimum absolute atomic E-state index is 0.109. The summed E-state index contributed by atoms with van der Waals surface area (Å²) < 4.78 is 40.7. The highest BCUT2D eigenvalue weighted by Gasteiger charge is 2.44. The second-order valence-electron chi connectivity index (χ2n) is 5.79. The Kier molecular flexibility index (Phi) is 5.27. The van der Waals surface area contributed by atoms with E-state index in [9.17, 15) is 13.2 Å². The van der Waals surface area contributed by atoms with Crippen LogP contribution in [0.5, 0.6) is 0 Å². The monoisotopic (exact) mass is 304 g/mol. The number of nitrogens with zero attached hydrogens (tertiary/aromatic N) is 2. The van der Waals surface area contributed by atoms with Gasteiger partial charge in [0.15, 0.2) is 0 Å². The van der Waals surface area contributed by atoms with Crippen LogP contribution in [0.15, 0.2) is 12.3 Å². The molecule has 1 heterocycles. The van der Waals surface area contributed by atoms with Crippen molar-refractivity contribution in [2.75, 3.05) is 0 Å². The molecule has 21 heavy (non-hydrogen) atoms. The minimum atomic E-state index is -4.11. The average molecular weight is 304 g/mol. The fourth-order valence-electron chi connectivity index (χ4n) is 3.30. The summed E-state index contributed by atoms with van der Waals surface area (Å²) in [6.45, 7) is 2.78. The molecule has 1 fully saturated rings. The summed E-state index contributed by atoms with van der Waals surface area (Å²) in [5, 5.41) is 4.24. The van der Waals surface area contributed by atoms with Crippen LogP contribution in [-0.4, -0.2) is 16.0 Å². The summed E-state index contributed by atoms with van der Waals surface area (Å²) in [4.78, 5) is 0. The molecule has 120 valence electrons. The predicted molar refractivity (Wildman–Crippen MR) is 74.1 cm³/mol. The lowest BCUT2D eigenvalue weighted by molar-refractivity contribution is -0.186. The Hall–Kier alpha value is -1.08. The second-order valence-corrected chi connectivity index (χ2v) is 5.79. The van der Waals surface area contributed by atoms with Gasteiger partial charge >= 0.3 is 6.18 Å². The molecule has 1 aliphatic rings. The first-order chi connectivity index (χ1) is 9.97. The molecule has 1 aromatic rings. The molecule has 0 aliphatic heterocycles. The molecular formula is C14H23F3N4. The van der Waals surface area contributed by atoms with Crippen molar-refractivity contribution in [2.24, 2.45) is 17.7 Å². The summed E-state index contributed by atoms with van der Waals surface area (Å²) in [5.74, 6) is 4.32. The molecule has 3 unspecified atom stereocenters. The number of aromatic nitrogens is 2. The van der Waals surface area contributed by atoms with E-state index < -0.39 is 12.1 Å². The largest absolute Gasteiger partial charge is 0.391 e. The molecule has 0 radical (unpaired) electrons. The van der Waals surface area contributed by atoms with Crippen LogP contribution >= 0.6 is 0 Å². The number of halogens is 3. The van der Waals surface area contributed by atoms with E-state index in [0.717, 1.165) is 25.1 Å². The first-order valence-corrected chi connectivity index (χ1v) is 7.52. The lowest BCUT2D eigenvalue weighted by Crippen LogP contribution is -2.39. The average Bonchev–Trinajstić information content (AvgIpc) is 2.88. The summed E-state index contributed by atoms with van der Waals surface area (Å²) in [5.41, 5.74) is 3.60. The van der Waals surface area contributed by atoms with Gasteiger partial charge in [0.25, 0.3) is 0 Å². The third kappa shape index (κ3) is 3.77. The molecule has 0 saturated heterocycles. The Labute approximate surface area is 122 Å². The van der Waals surface area contributed by atoms with E-state index in [1.54, 1.807) is 6.20 Å². The first-order valence-electron chi connectivity index (χ1n) is 7.52. The van der Waals surface area contributed by atoms with Gasteiger partial charge in [-0.2, -0.15) is 18.3 Å². The summed E-state index contributed by atoms with van der Waals surface area (Å²) in [6.07, 6.45) is 0.206. The van der Waals surface area contributed by atoms with Gasteiger partial charge in [0.2, 0.25) is 0 Å². The normalized spacial score (nSPS) is 25.0. The summed E-state index contributed by atoms with van der Waals surface area (Å²) in [6, 6.07) is 1.57. The van der Waals surface area contributed by atoms with Crippen LogP contribution in [0.3, 0.4) is 0 Å². The zero-order chi connectivity index (χ0) is 15.5. The van der Waals surface area contributed by atoms with Gasteiger partial charge in [-0.3, -0.25) is 16.0 Å². The highest BCUT2D eigenvalue weighted by atomic mass is 19.4. The number of aryl methyl sites for hydroxylation is 1. The maximum Gasteiger partial charge on any atom is 0.391 e. The Morgan fingerprint density at radius 1 is 1.48 bits per heavy atom. The minimum Gasteiger partial charge on any atom is -0.271 e. The Morgan fingerprint density at radius 3 is 2.86 bits per heavy atom. The third-order valence-corrected chi connectivity index (χ3v) is 4.33. The molecule has 0 bridgehead atoms. The lowest BCUT2D eigenvalue weighted by Gasteiger charge is -2.35. The maximum atomic E-state index is 13.0. The third-order valence-electron chi connectivity index (χ3n) is 4.33. The molecule has 0 aromatic carbocycles. The van der Waals surface area contributed by atoms with Gasteiger partial charge in [0.1, 0.15) is 0 Å². The molecule has 0 amide bonds. The van der Waals surface area contributed by atoms with E-state index in [1.165, 1.54) is 0 Å². The fraction of sp³-hybridized carbons (Fsp3) is 0.786. The van der Waals surface area contributed by atoms with Crippen LogP contribution in [0, 0.1) is 11.8 Å². The molecule has 3 N–H and O–H groups in total. The van der Waals surface area contributed by atoms with Crippen molar-refractivity contribution >= 4 is 0 Å². The van der Waals surface area contributed by atoms with Gasteiger partial charge in [0, 0.05) is 12.7 Å². The van der Waals surface area contributed by atoms with Gasteiger partial charge in [-0.05, 0) is 37.7 Å². The van der Waals surface area contributed by atoms with Crippen molar-refractivity contribution < 1.29 is 13.2 Å². The van der Waals surface area contributed by atoms with E-state index in [1.807, 2.05) is 17.7 Å². The summed E-state index contributed by atoms with van der Waals surface area (Å²) in [7, 11) is 0. The van der Waals surface area contributed by atoms with Crippen LogP contribution in [0.2, 0.25) is 0 Å². The second kappa shape index (κ2) is 6.79. The Bertz CT molecular complexity index is 444. The smallest absolute Gasteiger partial charge is 0.271 e. The van der Waals surface area contributed by atoms with Crippen LogP contribution in [0.25, 0.3) is 0 Å². The number of alkyl halides is 3. The van der Waals surface area contributed by atoms with Gasteiger partial charge in [-0.15, -0.1) is 0 Å². The summed E-state index contributed by atoms with van der Waals surface area (Å²) >= 11 is 0.